The summed E-state index contributed by atoms with van der Waals surface area (Å²) in [4.78, 5) is 20.6. The molecule has 0 radical (unpaired) electrons. The van der Waals surface area contributed by atoms with E-state index in [2.05, 4.69) is 30.4 Å². The third-order valence-corrected chi connectivity index (χ3v) is 6.88. The van der Waals surface area contributed by atoms with Gasteiger partial charge in [0.05, 0.1) is 20.6 Å². The zero-order chi connectivity index (χ0) is 19.6. The number of rotatable bonds is 5. The van der Waals surface area contributed by atoms with Gasteiger partial charge in [0.2, 0.25) is 5.91 Å². The SMILES string of the molecule is CNC1CCCN(C(=O)C(C)(Cc2nc3ccccc3s2)c2ccccc2)C1.Cl.Cl. The molecule has 0 bridgehead atoms. The van der Waals surface area contributed by atoms with E-state index in [0.717, 1.165) is 42.0 Å². The minimum Gasteiger partial charge on any atom is -0.340 e. The molecular formula is C23H29Cl2N3OS. The quantitative estimate of drug-likeness (QED) is 0.585. The highest BCUT2D eigenvalue weighted by Gasteiger charge is 2.40. The summed E-state index contributed by atoms with van der Waals surface area (Å²) in [5, 5.41) is 4.36. The van der Waals surface area contributed by atoms with Crippen LogP contribution < -0.4 is 5.32 Å². The van der Waals surface area contributed by atoms with E-state index < -0.39 is 5.41 Å². The lowest BCUT2D eigenvalue weighted by Gasteiger charge is -2.39. The number of hydrogen-bond donors (Lipinski definition) is 1. The van der Waals surface area contributed by atoms with Gasteiger partial charge in [-0.25, -0.2) is 4.98 Å². The molecule has 1 saturated heterocycles. The zero-order valence-electron chi connectivity index (χ0n) is 17.3. The van der Waals surface area contributed by atoms with E-state index in [4.69, 9.17) is 4.98 Å². The Morgan fingerprint density at radius 1 is 1.17 bits per heavy atom. The maximum atomic E-state index is 13.8. The van der Waals surface area contributed by atoms with Crippen LogP contribution in [0.25, 0.3) is 10.2 Å². The summed E-state index contributed by atoms with van der Waals surface area (Å²) in [6.45, 7) is 3.69. The number of carbonyl (C=O) groups is 1. The molecule has 0 saturated carbocycles. The predicted octanol–water partition coefficient (Wildman–Crippen LogP) is 4.85. The number of benzene rings is 2. The molecule has 2 unspecified atom stereocenters. The fourth-order valence-corrected chi connectivity index (χ4v) is 5.27. The van der Waals surface area contributed by atoms with Gasteiger partial charge in [-0.3, -0.25) is 4.79 Å². The third-order valence-electron chi connectivity index (χ3n) is 5.84. The van der Waals surface area contributed by atoms with E-state index in [0.29, 0.717) is 12.5 Å². The van der Waals surface area contributed by atoms with Crippen molar-refractivity contribution >= 4 is 52.3 Å². The van der Waals surface area contributed by atoms with Crippen LogP contribution in [0.15, 0.2) is 54.6 Å². The van der Waals surface area contributed by atoms with Crippen molar-refractivity contribution in [3.63, 3.8) is 0 Å². The summed E-state index contributed by atoms with van der Waals surface area (Å²) >= 11 is 1.69. The van der Waals surface area contributed by atoms with Crippen LogP contribution in [0.1, 0.15) is 30.3 Å². The topological polar surface area (TPSA) is 45.2 Å². The predicted molar refractivity (Wildman–Crippen MR) is 130 cm³/mol. The minimum atomic E-state index is -0.620. The molecule has 1 amide bonds. The van der Waals surface area contributed by atoms with E-state index >= 15 is 0 Å². The number of fused-ring (bicyclic) bond motifs is 1. The lowest BCUT2D eigenvalue weighted by Crippen LogP contribution is -2.53. The number of halogens is 2. The summed E-state index contributed by atoms with van der Waals surface area (Å²) in [6.07, 6.45) is 2.79. The first-order chi connectivity index (χ1) is 13.6. The van der Waals surface area contributed by atoms with Crippen LogP contribution in [0.2, 0.25) is 0 Å². The molecule has 0 aliphatic carbocycles. The number of nitrogens with one attached hydrogen (secondary N) is 1. The highest BCUT2D eigenvalue weighted by Crippen LogP contribution is 2.34. The molecule has 7 heteroatoms. The van der Waals surface area contributed by atoms with Crippen molar-refractivity contribution in [2.24, 2.45) is 0 Å². The van der Waals surface area contributed by atoms with Gasteiger partial charge in [-0.15, -0.1) is 36.2 Å². The van der Waals surface area contributed by atoms with Crippen molar-refractivity contribution in [1.29, 1.82) is 0 Å². The number of likely N-dealkylation sites (N-methyl/N-ethyl adjacent to an activating group) is 1. The molecule has 1 aliphatic rings. The standard InChI is InChI=1S/C23H27N3OS.2ClH/c1-23(17-9-4-3-5-10-17,22(27)26-14-8-11-18(16-26)24-2)15-21-25-19-12-6-7-13-20(19)28-21;;/h3-7,9-10,12-13,18,24H,8,11,14-16H2,1-2H3;2*1H. The van der Waals surface area contributed by atoms with Crippen molar-refractivity contribution in [1.82, 2.24) is 15.2 Å². The molecule has 162 valence electrons. The Kier molecular flexibility index (Phi) is 8.68. The number of para-hydroxylation sites is 1. The largest absolute Gasteiger partial charge is 0.340 e. The first-order valence-corrected chi connectivity index (χ1v) is 10.8. The Bertz CT molecular complexity index is 932. The molecule has 2 heterocycles. The highest BCUT2D eigenvalue weighted by atomic mass is 35.5. The maximum absolute atomic E-state index is 13.8. The van der Waals surface area contributed by atoms with Gasteiger partial charge < -0.3 is 10.2 Å². The molecule has 0 spiro atoms. The number of likely N-dealkylation sites (tertiary alicyclic amines) is 1. The monoisotopic (exact) mass is 465 g/mol. The van der Waals surface area contributed by atoms with Gasteiger partial charge in [-0.2, -0.15) is 0 Å². The molecule has 1 fully saturated rings. The molecule has 3 aromatic rings. The number of amides is 1. The van der Waals surface area contributed by atoms with Crippen molar-refractivity contribution in [3.8, 4) is 0 Å². The van der Waals surface area contributed by atoms with E-state index in [1.165, 1.54) is 4.70 Å². The van der Waals surface area contributed by atoms with Gasteiger partial charge in [-0.1, -0.05) is 42.5 Å². The number of thiazole rings is 1. The minimum absolute atomic E-state index is 0. The highest BCUT2D eigenvalue weighted by molar-refractivity contribution is 7.18. The fraction of sp³-hybridized carbons (Fsp3) is 0.391. The smallest absolute Gasteiger partial charge is 0.233 e. The summed E-state index contributed by atoms with van der Waals surface area (Å²) in [7, 11) is 1.98. The second-order valence-corrected chi connectivity index (χ2v) is 8.94. The summed E-state index contributed by atoms with van der Waals surface area (Å²) in [5.41, 5.74) is 1.45. The second kappa shape index (κ2) is 10.6. The van der Waals surface area contributed by atoms with Crippen LogP contribution in [0.3, 0.4) is 0 Å². The number of aromatic nitrogens is 1. The molecule has 30 heavy (non-hydrogen) atoms. The van der Waals surface area contributed by atoms with E-state index in [1.54, 1.807) is 11.3 Å². The molecule has 2 atom stereocenters. The number of hydrogen-bond acceptors (Lipinski definition) is 4. The summed E-state index contributed by atoms with van der Waals surface area (Å²) in [6, 6.07) is 18.8. The average Bonchev–Trinajstić information content (AvgIpc) is 3.15. The Morgan fingerprint density at radius 3 is 2.57 bits per heavy atom. The van der Waals surface area contributed by atoms with Gasteiger partial charge in [0.25, 0.3) is 0 Å². The third kappa shape index (κ3) is 4.97. The molecule has 4 nitrogen and oxygen atoms in total. The number of piperidine rings is 1. The fourth-order valence-electron chi connectivity index (χ4n) is 4.15. The molecule has 4 rings (SSSR count). The van der Waals surface area contributed by atoms with Crippen molar-refractivity contribution in [2.45, 2.75) is 37.6 Å². The first-order valence-electron chi connectivity index (χ1n) is 9.97. The van der Waals surface area contributed by atoms with Crippen LogP contribution >= 0.6 is 36.2 Å². The lowest BCUT2D eigenvalue weighted by molar-refractivity contribution is -0.138. The van der Waals surface area contributed by atoms with Crippen molar-refractivity contribution in [2.75, 3.05) is 20.1 Å². The Balaban J connectivity index is 0.00000160. The number of carbonyl (C=O) groups excluding carboxylic acids is 1. The summed E-state index contributed by atoms with van der Waals surface area (Å²) < 4.78 is 1.17. The second-order valence-electron chi connectivity index (χ2n) is 7.83. The van der Waals surface area contributed by atoms with Crippen molar-refractivity contribution in [3.05, 3.63) is 65.2 Å². The van der Waals surface area contributed by atoms with Crippen LogP contribution in [0.5, 0.6) is 0 Å². The van der Waals surface area contributed by atoms with Gasteiger partial charge in [0, 0.05) is 25.6 Å². The molecule has 2 aromatic carbocycles. The van der Waals surface area contributed by atoms with Crippen molar-refractivity contribution < 1.29 is 4.79 Å². The van der Waals surface area contributed by atoms with Crippen LogP contribution in [0, 0.1) is 0 Å². The van der Waals surface area contributed by atoms with Gasteiger partial charge >= 0.3 is 0 Å². The van der Waals surface area contributed by atoms with Crippen LogP contribution in [-0.4, -0.2) is 42.0 Å². The van der Waals surface area contributed by atoms with E-state index in [-0.39, 0.29) is 30.7 Å². The van der Waals surface area contributed by atoms with Gasteiger partial charge in [0.15, 0.2) is 0 Å². The Morgan fingerprint density at radius 2 is 1.87 bits per heavy atom. The first kappa shape index (κ1) is 24.6. The molecule has 1 aliphatic heterocycles. The average molecular weight is 466 g/mol. The van der Waals surface area contributed by atoms with Gasteiger partial charge in [0.1, 0.15) is 0 Å². The Labute approximate surface area is 194 Å². The maximum Gasteiger partial charge on any atom is 0.233 e. The van der Waals surface area contributed by atoms with E-state index in [9.17, 15) is 4.79 Å². The Hall–Kier alpha value is -1.66. The molecule has 1 aromatic heterocycles. The lowest BCUT2D eigenvalue weighted by atomic mass is 9.78. The van der Waals surface area contributed by atoms with Crippen LogP contribution in [0.4, 0.5) is 0 Å². The van der Waals surface area contributed by atoms with Gasteiger partial charge in [-0.05, 0) is 44.5 Å². The summed E-state index contributed by atoms with van der Waals surface area (Å²) in [5.74, 6) is 0.206. The van der Waals surface area contributed by atoms with E-state index in [1.807, 2.05) is 48.3 Å². The molecule has 1 N–H and O–H groups in total. The normalized spacial score (nSPS) is 18.2. The molecular weight excluding hydrogens is 437 g/mol. The zero-order valence-corrected chi connectivity index (χ0v) is 19.8. The number of nitrogens with zero attached hydrogens (tertiary/aromatic N) is 2. The van der Waals surface area contributed by atoms with Crippen LogP contribution in [-0.2, 0) is 16.6 Å².